The van der Waals surface area contributed by atoms with Crippen molar-refractivity contribution in [2.24, 2.45) is 5.73 Å². The quantitative estimate of drug-likeness (QED) is 0.451. The summed E-state index contributed by atoms with van der Waals surface area (Å²) in [6.45, 7) is 4.06. The van der Waals surface area contributed by atoms with Crippen LogP contribution < -0.4 is 5.73 Å². The molecule has 0 saturated heterocycles. The largest absolute Gasteiger partial charge is 0.318 e. The first-order valence-corrected chi connectivity index (χ1v) is 4.20. The lowest BCUT2D eigenvalue weighted by atomic mass is 10.2. The summed E-state index contributed by atoms with van der Waals surface area (Å²) in [5, 5.41) is 0. The highest BCUT2D eigenvalue weighted by molar-refractivity contribution is 4.47. The van der Waals surface area contributed by atoms with E-state index >= 15 is 0 Å². The maximum absolute atomic E-state index is 5.41. The van der Waals surface area contributed by atoms with Crippen molar-refractivity contribution in [1.29, 1.82) is 0 Å². The van der Waals surface area contributed by atoms with E-state index in [1.807, 2.05) is 0 Å². The number of hydrogen-bond acceptors (Lipinski definition) is 2. The minimum Gasteiger partial charge on any atom is -0.318 e. The first kappa shape index (κ1) is 9.92. The molecule has 2 heteroatoms. The Morgan fingerprint density at radius 2 is 1.90 bits per heavy atom. The molecule has 0 aliphatic rings. The Labute approximate surface area is 64.4 Å². The van der Waals surface area contributed by atoms with Gasteiger partial charge in [-0.15, -0.1) is 0 Å². The molecule has 0 aromatic rings. The van der Waals surface area contributed by atoms with Crippen molar-refractivity contribution < 1.29 is 0 Å². The molecule has 0 amide bonds. The third-order valence-electron chi connectivity index (χ3n) is 1.71. The van der Waals surface area contributed by atoms with E-state index in [0.717, 1.165) is 6.54 Å². The highest BCUT2D eigenvalue weighted by atomic mass is 15.1. The van der Waals surface area contributed by atoms with Gasteiger partial charge in [0, 0.05) is 6.67 Å². The molecule has 0 aromatic heterocycles. The van der Waals surface area contributed by atoms with Crippen LogP contribution >= 0.6 is 0 Å². The first-order valence-electron chi connectivity index (χ1n) is 4.20. The van der Waals surface area contributed by atoms with Crippen LogP contribution in [0, 0.1) is 0 Å². The Morgan fingerprint density at radius 1 is 1.20 bits per heavy atom. The molecular weight excluding hydrogens is 124 g/mol. The smallest absolute Gasteiger partial charge is 0.0452 e. The molecule has 0 atom stereocenters. The molecule has 0 fully saturated rings. The van der Waals surface area contributed by atoms with Gasteiger partial charge in [0.2, 0.25) is 0 Å². The second-order valence-corrected chi connectivity index (χ2v) is 2.82. The van der Waals surface area contributed by atoms with E-state index in [-0.39, 0.29) is 0 Å². The van der Waals surface area contributed by atoms with Crippen LogP contribution in [0.25, 0.3) is 0 Å². The molecule has 0 heterocycles. The van der Waals surface area contributed by atoms with E-state index in [1.165, 1.54) is 25.7 Å². The van der Waals surface area contributed by atoms with Crippen molar-refractivity contribution in [3.63, 3.8) is 0 Å². The number of nitrogens with zero attached hydrogens (tertiary/aromatic N) is 1. The van der Waals surface area contributed by atoms with Crippen molar-refractivity contribution in [2.45, 2.75) is 32.6 Å². The minimum atomic E-state index is 0.687. The molecule has 10 heavy (non-hydrogen) atoms. The monoisotopic (exact) mass is 144 g/mol. The molecular formula is C8H20N2. The minimum absolute atomic E-state index is 0.687. The van der Waals surface area contributed by atoms with E-state index < -0.39 is 0 Å². The average Bonchev–Trinajstić information content (AvgIpc) is 1.98. The van der Waals surface area contributed by atoms with Gasteiger partial charge in [-0.2, -0.15) is 0 Å². The Morgan fingerprint density at radius 3 is 2.40 bits per heavy atom. The summed E-state index contributed by atoms with van der Waals surface area (Å²) in [6, 6.07) is 0. The lowest BCUT2D eigenvalue weighted by Gasteiger charge is -2.12. The van der Waals surface area contributed by atoms with Crippen molar-refractivity contribution in [3.8, 4) is 0 Å². The zero-order chi connectivity index (χ0) is 7.82. The summed E-state index contributed by atoms with van der Waals surface area (Å²) in [5.74, 6) is 0. The van der Waals surface area contributed by atoms with Gasteiger partial charge in [-0.25, -0.2) is 0 Å². The summed E-state index contributed by atoms with van der Waals surface area (Å²) in [5.41, 5.74) is 5.41. The summed E-state index contributed by atoms with van der Waals surface area (Å²) < 4.78 is 0. The maximum Gasteiger partial charge on any atom is 0.0452 e. The standard InChI is InChI=1S/C8H20N2/c1-3-4-5-6-7-10(2)8-9/h3-9H2,1-2H3. The number of hydrogen-bond donors (Lipinski definition) is 1. The molecule has 0 radical (unpaired) electrons. The van der Waals surface area contributed by atoms with E-state index in [1.54, 1.807) is 0 Å². The molecule has 0 spiro atoms. The third-order valence-corrected chi connectivity index (χ3v) is 1.71. The Bertz CT molecular complexity index is 64.3. The zero-order valence-electron chi connectivity index (χ0n) is 7.27. The van der Waals surface area contributed by atoms with Crippen molar-refractivity contribution in [1.82, 2.24) is 4.90 Å². The fourth-order valence-electron chi connectivity index (χ4n) is 0.900. The molecule has 0 aliphatic heterocycles. The van der Waals surface area contributed by atoms with Crippen LogP contribution in [0.3, 0.4) is 0 Å². The second-order valence-electron chi connectivity index (χ2n) is 2.82. The van der Waals surface area contributed by atoms with Crippen LogP contribution in [0.2, 0.25) is 0 Å². The second kappa shape index (κ2) is 7.03. The first-order chi connectivity index (χ1) is 4.81. The van der Waals surface area contributed by atoms with Crippen LogP contribution in [0.1, 0.15) is 32.6 Å². The predicted octanol–water partition coefficient (Wildman–Crippen LogP) is 1.41. The van der Waals surface area contributed by atoms with Crippen LogP contribution in [0.15, 0.2) is 0 Å². The van der Waals surface area contributed by atoms with Crippen LogP contribution in [-0.2, 0) is 0 Å². The molecule has 2 N–H and O–H groups in total. The van der Waals surface area contributed by atoms with Crippen LogP contribution in [0.5, 0.6) is 0 Å². The SMILES string of the molecule is CCCCCCN(C)CN. The van der Waals surface area contributed by atoms with Gasteiger partial charge < -0.3 is 5.73 Å². The Balaban J connectivity index is 2.89. The van der Waals surface area contributed by atoms with E-state index in [0.29, 0.717) is 6.67 Å². The molecule has 0 bridgehead atoms. The fraction of sp³-hybridized carbons (Fsp3) is 1.00. The Kier molecular flexibility index (Phi) is 6.98. The van der Waals surface area contributed by atoms with Gasteiger partial charge in [0.05, 0.1) is 0 Å². The van der Waals surface area contributed by atoms with Crippen molar-refractivity contribution in [2.75, 3.05) is 20.3 Å². The molecule has 0 aromatic carbocycles. The molecule has 0 rings (SSSR count). The topological polar surface area (TPSA) is 29.3 Å². The highest BCUT2D eigenvalue weighted by Crippen LogP contribution is 1.98. The maximum atomic E-state index is 5.41. The molecule has 0 saturated carbocycles. The normalized spacial score (nSPS) is 10.8. The van der Waals surface area contributed by atoms with Gasteiger partial charge >= 0.3 is 0 Å². The van der Waals surface area contributed by atoms with E-state index in [9.17, 15) is 0 Å². The van der Waals surface area contributed by atoms with Gasteiger partial charge in [-0.1, -0.05) is 26.2 Å². The Hall–Kier alpha value is -0.0800. The van der Waals surface area contributed by atoms with Gasteiger partial charge in [0.25, 0.3) is 0 Å². The molecule has 0 aliphatic carbocycles. The number of nitrogens with two attached hydrogens (primary N) is 1. The summed E-state index contributed by atoms with van der Waals surface area (Å²) in [6.07, 6.45) is 5.31. The average molecular weight is 144 g/mol. The lowest BCUT2D eigenvalue weighted by molar-refractivity contribution is 0.334. The molecule has 62 valence electrons. The van der Waals surface area contributed by atoms with Gasteiger partial charge in [-0.3, -0.25) is 4.90 Å². The van der Waals surface area contributed by atoms with E-state index in [4.69, 9.17) is 5.73 Å². The van der Waals surface area contributed by atoms with Crippen LogP contribution in [-0.4, -0.2) is 25.2 Å². The molecule has 0 unspecified atom stereocenters. The fourth-order valence-corrected chi connectivity index (χ4v) is 0.900. The predicted molar refractivity (Wildman–Crippen MR) is 45.8 cm³/mol. The van der Waals surface area contributed by atoms with Crippen molar-refractivity contribution >= 4 is 0 Å². The number of rotatable bonds is 6. The van der Waals surface area contributed by atoms with Gasteiger partial charge in [-0.05, 0) is 20.0 Å². The number of unbranched alkanes of at least 4 members (excludes halogenated alkanes) is 3. The summed E-state index contributed by atoms with van der Waals surface area (Å²) >= 11 is 0. The summed E-state index contributed by atoms with van der Waals surface area (Å²) in [4.78, 5) is 2.15. The third kappa shape index (κ3) is 6.05. The van der Waals surface area contributed by atoms with Crippen LogP contribution in [0.4, 0.5) is 0 Å². The van der Waals surface area contributed by atoms with E-state index in [2.05, 4.69) is 18.9 Å². The van der Waals surface area contributed by atoms with Crippen molar-refractivity contribution in [3.05, 3.63) is 0 Å². The lowest BCUT2D eigenvalue weighted by Crippen LogP contribution is -2.26. The zero-order valence-corrected chi connectivity index (χ0v) is 7.27. The summed E-state index contributed by atoms with van der Waals surface area (Å²) in [7, 11) is 2.06. The highest BCUT2D eigenvalue weighted by Gasteiger charge is 1.92. The van der Waals surface area contributed by atoms with Gasteiger partial charge in [0.1, 0.15) is 0 Å². The molecule has 2 nitrogen and oxygen atoms in total. The van der Waals surface area contributed by atoms with Gasteiger partial charge in [0.15, 0.2) is 0 Å².